The van der Waals surface area contributed by atoms with Gasteiger partial charge in [0.2, 0.25) is 5.91 Å². The lowest BCUT2D eigenvalue weighted by molar-refractivity contribution is -0.117. The zero-order valence-corrected chi connectivity index (χ0v) is 15.2. The smallest absolute Gasteiger partial charge is 0.293 e. The monoisotopic (exact) mass is 401 g/mol. The zero-order chi connectivity index (χ0) is 17.4. The number of amides is 1. The van der Waals surface area contributed by atoms with Gasteiger partial charge in [-0.1, -0.05) is 30.3 Å². The SMILES string of the molecule is CCc1ccccc1N1CC(c2noc(-c3ccc(Br)o3)n2)CC1=O. The molecule has 2 aromatic heterocycles. The van der Waals surface area contributed by atoms with Gasteiger partial charge in [-0.2, -0.15) is 4.98 Å². The van der Waals surface area contributed by atoms with Crippen LogP contribution in [0.1, 0.15) is 30.7 Å². The molecule has 128 valence electrons. The minimum Gasteiger partial charge on any atom is -0.444 e. The lowest BCUT2D eigenvalue weighted by atomic mass is 10.1. The molecule has 1 unspecified atom stereocenters. The third-order valence-corrected chi connectivity index (χ3v) is 4.81. The van der Waals surface area contributed by atoms with Gasteiger partial charge in [-0.15, -0.1) is 0 Å². The van der Waals surface area contributed by atoms with E-state index >= 15 is 0 Å². The summed E-state index contributed by atoms with van der Waals surface area (Å²) < 4.78 is 11.3. The molecular formula is C18H16BrN3O3. The molecule has 0 spiro atoms. The first-order valence-electron chi connectivity index (χ1n) is 8.13. The normalized spacial score (nSPS) is 17.4. The first-order chi connectivity index (χ1) is 12.2. The molecule has 25 heavy (non-hydrogen) atoms. The second-order valence-electron chi connectivity index (χ2n) is 5.95. The Hall–Kier alpha value is -2.41. The van der Waals surface area contributed by atoms with E-state index in [1.807, 2.05) is 23.1 Å². The molecule has 4 rings (SSSR count). The van der Waals surface area contributed by atoms with Crippen LogP contribution in [-0.2, 0) is 11.2 Å². The molecule has 3 heterocycles. The highest BCUT2D eigenvalue weighted by Gasteiger charge is 2.35. The van der Waals surface area contributed by atoms with E-state index in [-0.39, 0.29) is 11.8 Å². The van der Waals surface area contributed by atoms with Gasteiger partial charge in [0.1, 0.15) is 0 Å². The molecular weight excluding hydrogens is 386 g/mol. The van der Waals surface area contributed by atoms with Crippen LogP contribution < -0.4 is 4.90 Å². The second-order valence-corrected chi connectivity index (χ2v) is 6.73. The Kier molecular flexibility index (Phi) is 4.17. The molecule has 1 atom stereocenters. The number of aromatic nitrogens is 2. The Morgan fingerprint density at radius 1 is 1.28 bits per heavy atom. The first-order valence-corrected chi connectivity index (χ1v) is 8.92. The summed E-state index contributed by atoms with van der Waals surface area (Å²) in [6.45, 7) is 2.64. The lowest BCUT2D eigenvalue weighted by Crippen LogP contribution is -2.25. The number of aryl methyl sites for hydroxylation is 1. The third-order valence-electron chi connectivity index (χ3n) is 4.38. The summed E-state index contributed by atoms with van der Waals surface area (Å²) in [5, 5.41) is 4.05. The zero-order valence-electron chi connectivity index (χ0n) is 13.6. The van der Waals surface area contributed by atoms with Gasteiger partial charge in [0, 0.05) is 24.6 Å². The standard InChI is InChI=1S/C18H16BrN3O3/c1-2-11-5-3-4-6-13(11)22-10-12(9-16(22)23)17-20-18(25-21-17)14-7-8-15(19)24-14/h3-8,12H,2,9-10H2,1H3. The number of carbonyl (C=O) groups excluding carboxylic acids is 1. The van der Waals surface area contributed by atoms with Gasteiger partial charge in [-0.3, -0.25) is 4.79 Å². The van der Waals surface area contributed by atoms with E-state index in [2.05, 4.69) is 39.1 Å². The average molecular weight is 402 g/mol. The minimum atomic E-state index is -0.0895. The summed E-state index contributed by atoms with van der Waals surface area (Å²) in [4.78, 5) is 18.8. The molecule has 1 fully saturated rings. The molecule has 1 aromatic carbocycles. The number of furan rings is 1. The topological polar surface area (TPSA) is 72.4 Å². The van der Waals surface area contributed by atoms with Crippen molar-refractivity contribution in [2.24, 2.45) is 0 Å². The van der Waals surface area contributed by atoms with Gasteiger partial charge >= 0.3 is 0 Å². The fourth-order valence-corrected chi connectivity index (χ4v) is 3.42. The predicted octanol–water partition coefficient (Wildman–Crippen LogP) is 4.18. The highest BCUT2D eigenvalue weighted by atomic mass is 79.9. The maximum absolute atomic E-state index is 12.5. The van der Waals surface area contributed by atoms with Crippen LogP contribution in [0, 0.1) is 0 Å². The summed E-state index contributed by atoms with van der Waals surface area (Å²) in [5.41, 5.74) is 2.13. The number of nitrogens with zero attached hydrogens (tertiary/aromatic N) is 3. The van der Waals surface area contributed by atoms with Crippen molar-refractivity contribution >= 4 is 27.5 Å². The molecule has 0 radical (unpaired) electrons. The van der Waals surface area contributed by atoms with E-state index in [9.17, 15) is 4.79 Å². The van der Waals surface area contributed by atoms with Crippen LogP contribution >= 0.6 is 15.9 Å². The van der Waals surface area contributed by atoms with Crippen LogP contribution in [0.15, 0.2) is 50.0 Å². The number of benzene rings is 1. The number of rotatable bonds is 4. The Bertz CT molecular complexity index is 918. The van der Waals surface area contributed by atoms with Crippen LogP contribution in [0.2, 0.25) is 0 Å². The van der Waals surface area contributed by atoms with Crippen LogP contribution in [0.25, 0.3) is 11.7 Å². The molecule has 3 aromatic rings. The van der Waals surface area contributed by atoms with Gasteiger partial charge in [0.25, 0.3) is 5.89 Å². The van der Waals surface area contributed by atoms with Crippen molar-refractivity contribution in [3.63, 3.8) is 0 Å². The van der Waals surface area contributed by atoms with E-state index in [0.29, 0.717) is 35.1 Å². The molecule has 7 heteroatoms. The summed E-state index contributed by atoms with van der Waals surface area (Å²) in [7, 11) is 0. The van der Waals surface area contributed by atoms with Crippen molar-refractivity contribution in [1.82, 2.24) is 10.1 Å². The predicted molar refractivity (Wildman–Crippen MR) is 95.2 cm³/mol. The minimum absolute atomic E-state index is 0.0815. The summed E-state index contributed by atoms with van der Waals surface area (Å²) >= 11 is 3.25. The van der Waals surface area contributed by atoms with Gasteiger partial charge < -0.3 is 13.8 Å². The van der Waals surface area contributed by atoms with Gasteiger partial charge in [-0.05, 0) is 46.1 Å². The van der Waals surface area contributed by atoms with Crippen molar-refractivity contribution < 1.29 is 13.7 Å². The largest absolute Gasteiger partial charge is 0.444 e. The number of para-hydroxylation sites is 1. The average Bonchev–Trinajstić information content (AvgIpc) is 3.34. The van der Waals surface area contributed by atoms with Gasteiger partial charge in [-0.25, -0.2) is 0 Å². The number of hydrogen-bond acceptors (Lipinski definition) is 5. The van der Waals surface area contributed by atoms with E-state index in [4.69, 9.17) is 8.94 Å². The Labute approximate surface area is 152 Å². The molecule has 0 N–H and O–H groups in total. The summed E-state index contributed by atoms with van der Waals surface area (Å²) in [6.07, 6.45) is 1.25. The Morgan fingerprint density at radius 3 is 2.88 bits per heavy atom. The molecule has 0 bridgehead atoms. The van der Waals surface area contributed by atoms with Gasteiger partial charge in [0.15, 0.2) is 16.3 Å². The Balaban J connectivity index is 1.57. The van der Waals surface area contributed by atoms with E-state index in [1.54, 1.807) is 12.1 Å². The fourth-order valence-electron chi connectivity index (χ4n) is 3.12. The summed E-state index contributed by atoms with van der Waals surface area (Å²) in [5.74, 6) is 1.35. The number of hydrogen-bond donors (Lipinski definition) is 0. The maximum atomic E-state index is 12.5. The lowest BCUT2D eigenvalue weighted by Gasteiger charge is -2.19. The van der Waals surface area contributed by atoms with E-state index in [0.717, 1.165) is 17.7 Å². The summed E-state index contributed by atoms with van der Waals surface area (Å²) in [6, 6.07) is 11.5. The van der Waals surface area contributed by atoms with Crippen LogP contribution in [0.4, 0.5) is 5.69 Å². The quantitative estimate of drug-likeness (QED) is 0.655. The molecule has 1 amide bonds. The second kappa shape index (κ2) is 6.48. The van der Waals surface area contributed by atoms with Crippen LogP contribution in [0.5, 0.6) is 0 Å². The molecule has 1 aliphatic heterocycles. The maximum Gasteiger partial charge on any atom is 0.293 e. The molecule has 1 aliphatic rings. The van der Waals surface area contributed by atoms with Crippen molar-refractivity contribution in [1.29, 1.82) is 0 Å². The fraction of sp³-hybridized carbons (Fsp3) is 0.278. The van der Waals surface area contributed by atoms with Gasteiger partial charge in [0.05, 0.1) is 0 Å². The van der Waals surface area contributed by atoms with Crippen LogP contribution in [-0.4, -0.2) is 22.6 Å². The first kappa shape index (κ1) is 16.1. The number of halogens is 1. The van der Waals surface area contributed by atoms with Crippen LogP contribution in [0.3, 0.4) is 0 Å². The molecule has 0 saturated carbocycles. The van der Waals surface area contributed by atoms with Crippen molar-refractivity contribution in [2.45, 2.75) is 25.7 Å². The molecule has 6 nitrogen and oxygen atoms in total. The Morgan fingerprint density at radius 2 is 2.12 bits per heavy atom. The molecule has 1 saturated heterocycles. The van der Waals surface area contributed by atoms with E-state index < -0.39 is 0 Å². The van der Waals surface area contributed by atoms with E-state index in [1.165, 1.54) is 0 Å². The third kappa shape index (κ3) is 3.00. The number of carbonyl (C=O) groups is 1. The molecule has 0 aliphatic carbocycles. The van der Waals surface area contributed by atoms with Crippen molar-refractivity contribution in [2.75, 3.05) is 11.4 Å². The van der Waals surface area contributed by atoms with Crippen molar-refractivity contribution in [3.8, 4) is 11.7 Å². The highest BCUT2D eigenvalue weighted by molar-refractivity contribution is 9.10. The highest BCUT2D eigenvalue weighted by Crippen LogP contribution is 2.33. The number of anilines is 1. The van der Waals surface area contributed by atoms with Crippen molar-refractivity contribution in [3.05, 3.63) is 52.5 Å².